The molecule has 0 aliphatic heterocycles. The van der Waals surface area contributed by atoms with Crippen LogP contribution < -0.4 is 5.32 Å². The molecular formula is C41H69NO3. The van der Waals surface area contributed by atoms with Crippen molar-refractivity contribution in [2.75, 3.05) is 6.61 Å². The van der Waals surface area contributed by atoms with Gasteiger partial charge in [-0.15, -0.1) is 0 Å². The number of nitrogens with one attached hydrogen (secondary N) is 1. The van der Waals surface area contributed by atoms with Crippen molar-refractivity contribution in [2.24, 2.45) is 0 Å². The van der Waals surface area contributed by atoms with Crippen molar-refractivity contribution in [1.82, 2.24) is 5.32 Å². The lowest BCUT2D eigenvalue weighted by Crippen LogP contribution is -2.45. The Kier molecular flexibility index (Phi) is 34.1. The van der Waals surface area contributed by atoms with E-state index in [-0.39, 0.29) is 12.5 Å². The van der Waals surface area contributed by atoms with Gasteiger partial charge in [0.05, 0.1) is 18.8 Å². The number of carbonyl (C=O) groups excluding carboxylic acids is 1. The molecule has 0 fully saturated rings. The lowest BCUT2D eigenvalue weighted by Gasteiger charge is -2.19. The number of unbranched alkanes of at least 4 members (excludes halogenated alkanes) is 12. The summed E-state index contributed by atoms with van der Waals surface area (Å²) in [6.07, 6.45) is 52.6. The third-order valence-electron chi connectivity index (χ3n) is 7.60. The van der Waals surface area contributed by atoms with E-state index in [4.69, 9.17) is 0 Å². The second-order valence-corrected chi connectivity index (χ2v) is 11.9. The van der Waals surface area contributed by atoms with Crippen LogP contribution in [0.2, 0.25) is 0 Å². The number of amides is 1. The van der Waals surface area contributed by atoms with Crippen molar-refractivity contribution >= 4 is 5.91 Å². The maximum atomic E-state index is 12.2. The predicted molar refractivity (Wildman–Crippen MR) is 197 cm³/mol. The minimum Gasteiger partial charge on any atom is -0.394 e. The van der Waals surface area contributed by atoms with Crippen molar-refractivity contribution in [3.8, 4) is 0 Å². The third-order valence-corrected chi connectivity index (χ3v) is 7.60. The first kappa shape index (κ1) is 42.6. The summed E-state index contributed by atoms with van der Waals surface area (Å²) in [6.45, 7) is 4.11. The highest BCUT2D eigenvalue weighted by Crippen LogP contribution is 2.11. The molecule has 0 bridgehead atoms. The van der Waals surface area contributed by atoms with Gasteiger partial charge in [0.15, 0.2) is 0 Å². The highest BCUT2D eigenvalue weighted by molar-refractivity contribution is 5.76. The van der Waals surface area contributed by atoms with Gasteiger partial charge in [-0.25, -0.2) is 0 Å². The average molecular weight is 624 g/mol. The number of aliphatic hydroxyl groups is 2. The minimum atomic E-state index is -0.902. The Balaban J connectivity index is 3.83. The fourth-order valence-corrected chi connectivity index (χ4v) is 4.81. The monoisotopic (exact) mass is 624 g/mol. The van der Waals surface area contributed by atoms with Gasteiger partial charge in [-0.2, -0.15) is 0 Å². The van der Waals surface area contributed by atoms with Crippen LogP contribution in [-0.4, -0.2) is 34.9 Å². The zero-order valence-corrected chi connectivity index (χ0v) is 29.1. The van der Waals surface area contributed by atoms with Crippen molar-refractivity contribution in [2.45, 2.75) is 161 Å². The lowest BCUT2D eigenvalue weighted by molar-refractivity contribution is -0.122. The van der Waals surface area contributed by atoms with E-state index in [1.54, 1.807) is 6.08 Å². The fourth-order valence-electron chi connectivity index (χ4n) is 4.81. The van der Waals surface area contributed by atoms with E-state index >= 15 is 0 Å². The molecule has 2 atom stereocenters. The molecule has 2 unspecified atom stereocenters. The number of rotatable bonds is 31. The highest BCUT2D eigenvalue weighted by atomic mass is 16.3. The summed E-state index contributed by atoms with van der Waals surface area (Å²) in [7, 11) is 0. The van der Waals surface area contributed by atoms with Gasteiger partial charge < -0.3 is 15.5 Å². The van der Waals surface area contributed by atoms with E-state index in [9.17, 15) is 15.0 Å². The number of allylic oxidation sites excluding steroid dienone is 13. The largest absolute Gasteiger partial charge is 0.394 e. The summed E-state index contributed by atoms with van der Waals surface area (Å²) in [5.41, 5.74) is 0. The quantitative estimate of drug-likeness (QED) is 0.0531. The molecule has 4 heteroatoms. The first-order chi connectivity index (χ1) is 22.2. The van der Waals surface area contributed by atoms with Crippen LogP contribution in [0, 0.1) is 0 Å². The molecule has 0 aromatic rings. The molecule has 0 radical (unpaired) electrons. The van der Waals surface area contributed by atoms with E-state index in [1.807, 2.05) is 12.2 Å². The molecule has 0 heterocycles. The topological polar surface area (TPSA) is 69.6 Å². The van der Waals surface area contributed by atoms with Crippen LogP contribution in [0.5, 0.6) is 0 Å². The Morgan fingerprint density at radius 3 is 1.53 bits per heavy atom. The zero-order valence-electron chi connectivity index (χ0n) is 29.1. The van der Waals surface area contributed by atoms with Gasteiger partial charge in [-0.3, -0.25) is 4.79 Å². The summed E-state index contributed by atoms with van der Waals surface area (Å²) in [6, 6.07) is -0.686. The summed E-state index contributed by atoms with van der Waals surface area (Å²) < 4.78 is 0. The lowest BCUT2D eigenvalue weighted by atomic mass is 10.1. The van der Waals surface area contributed by atoms with E-state index in [2.05, 4.69) is 86.0 Å². The average Bonchev–Trinajstić information content (AvgIpc) is 3.04. The Bertz CT molecular complexity index is 849. The summed E-state index contributed by atoms with van der Waals surface area (Å²) in [4.78, 5) is 12.2. The number of aliphatic hydroxyl groups excluding tert-OH is 2. The van der Waals surface area contributed by atoms with Crippen LogP contribution in [-0.2, 0) is 4.79 Å². The third kappa shape index (κ3) is 32.8. The number of hydrogen-bond acceptors (Lipinski definition) is 3. The standard InChI is InChI=1S/C41H69NO3/c1-3-5-7-9-11-13-15-17-18-19-20-21-22-23-25-26-28-30-32-34-36-40(44)39(38-43)42-41(45)37-35-33-31-29-27-24-16-14-12-10-8-6-4-2/h6,8,12,14,21-22,24,26-28,31,33-34,36,39-40,43-44H,3-5,7,9-11,13,15-20,23,25,29-30,32,35,37-38H2,1-2H3,(H,42,45)/b8-6-,14-12-,22-21+,27-24-,28-26+,33-31-,36-34+. The zero-order chi connectivity index (χ0) is 32.9. The summed E-state index contributed by atoms with van der Waals surface area (Å²) >= 11 is 0. The molecule has 0 aliphatic carbocycles. The van der Waals surface area contributed by atoms with Gasteiger partial charge in [-0.1, -0.05) is 157 Å². The SMILES string of the molecule is CC/C=C\C/C=C\C/C=C\C/C=C\CCC(=O)NC(CO)C(O)/C=C/CC/C=C/CC/C=C/CCCCCCCCCCCC. The minimum absolute atomic E-state index is 0.163. The van der Waals surface area contributed by atoms with Crippen molar-refractivity contribution in [1.29, 1.82) is 0 Å². The Morgan fingerprint density at radius 2 is 1.00 bits per heavy atom. The molecule has 4 nitrogen and oxygen atoms in total. The molecule has 0 saturated carbocycles. The molecule has 256 valence electrons. The molecule has 3 N–H and O–H groups in total. The van der Waals surface area contributed by atoms with Crippen LogP contribution in [0.4, 0.5) is 0 Å². The van der Waals surface area contributed by atoms with Gasteiger partial charge in [0, 0.05) is 6.42 Å². The molecular weight excluding hydrogens is 554 g/mol. The van der Waals surface area contributed by atoms with E-state index in [1.165, 1.54) is 70.6 Å². The Morgan fingerprint density at radius 1 is 0.556 bits per heavy atom. The maximum Gasteiger partial charge on any atom is 0.220 e. The Hall–Kier alpha value is -2.43. The molecule has 0 aromatic heterocycles. The molecule has 1 amide bonds. The fraction of sp³-hybridized carbons (Fsp3) is 0.634. The molecule has 0 saturated heterocycles. The van der Waals surface area contributed by atoms with E-state index in [0.717, 1.165) is 51.4 Å². The van der Waals surface area contributed by atoms with Crippen LogP contribution in [0.1, 0.15) is 149 Å². The Labute approximate surface area is 278 Å². The highest BCUT2D eigenvalue weighted by Gasteiger charge is 2.17. The summed E-state index contributed by atoms with van der Waals surface area (Å²) in [5.74, 6) is -0.163. The van der Waals surface area contributed by atoms with Crippen LogP contribution >= 0.6 is 0 Å². The van der Waals surface area contributed by atoms with Gasteiger partial charge >= 0.3 is 0 Å². The van der Waals surface area contributed by atoms with Gasteiger partial charge in [0.2, 0.25) is 5.91 Å². The van der Waals surface area contributed by atoms with Crippen molar-refractivity contribution < 1.29 is 15.0 Å². The van der Waals surface area contributed by atoms with Gasteiger partial charge in [0.25, 0.3) is 0 Å². The van der Waals surface area contributed by atoms with Crippen molar-refractivity contribution in [3.63, 3.8) is 0 Å². The molecule has 0 aliphatic rings. The smallest absolute Gasteiger partial charge is 0.220 e. The normalized spacial score (nSPS) is 14.1. The van der Waals surface area contributed by atoms with E-state index < -0.39 is 12.1 Å². The maximum absolute atomic E-state index is 12.2. The van der Waals surface area contributed by atoms with Crippen LogP contribution in [0.3, 0.4) is 0 Å². The first-order valence-electron chi connectivity index (χ1n) is 18.3. The number of carbonyl (C=O) groups is 1. The molecule has 0 spiro atoms. The summed E-state index contributed by atoms with van der Waals surface area (Å²) in [5, 5.41) is 22.8. The molecule has 0 rings (SSSR count). The van der Waals surface area contributed by atoms with E-state index in [0.29, 0.717) is 12.8 Å². The second-order valence-electron chi connectivity index (χ2n) is 11.9. The predicted octanol–water partition coefficient (Wildman–Crippen LogP) is 10.9. The van der Waals surface area contributed by atoms with Gasteiger partial charge in [0.1, 0.15) is 0 Å². The van der Waals surface area contributed by atoms with Crippen molar-refractivity contribution in [3.05, 3.63) is 85.1 Å². The first-order valence-corrected chi connectivity index (χ1v) is 18.3. The molecule has 45 heavy (non-hydrogen) atoms. The van der Waals surface area contributed by atoms with Gasteiger partial charge in [-0.05, 0) is 70.6 Å². The molecule has 0 aromatic carbocycles. The van der Waals surface area contributed by atoms with Crippen LogP contribution in [0.15, 0.2) is 85.1 Å². The number of hydrogen-bond donors (Lipinski definition) is 3. The van der Waals surface area contributed by atoms with Crippen LogP contribution in [0.25, 0.3) is 0 Å². The second kappa shape index (κ2) is 36.0.